The van der Waals surface area contributed by atoms with Gasteiger partial charge in [0.25, 0.3) is 5.91 Å². The van der Waals surface area contributed by atoms with E-state index in [4.69, 9.17) is 5.11 Å². The molecule has 0 aliphatic carbocycles. The Kier molecular flexibility index (Phi) is 5.14. The summed E-state index contributed by atoms with van der Waals surface area (Å²) in [5.41, 5.74) is 0.618. The quantitative estimate of drug-likeness (QED) is 0.819. The van der Waals surface area contributed by atoms with Crippen molar-refractivity contribution in [3.05, 3.63) is 27.6 Å². The van der Waals surface area contributed by atoms with Crippen LogP contribution >= 0.6 is 22.6 Å². The summed E-state index contributed by atoms with van der Waals surface area (Å²) in [6.07, 6.45) is 3.24. The second kappa shape index (κ2) is 6.15. The van der Waals surface area contributed by atoms with Crippen LogP contribution in [0, 0.1) is 9.49 Å². The number of aliphatic hydroxyl groups is 1. The third kappa shape index (κ3) is 3.41. The molecule has 0 saturated heterocycles. The molecule has 0 aromatic carbocycles. The zero-order valence-electron chi connectivity index (χ0n) is 9.27. The molecule has 1 aromatic heterocycles. The van der Waals surface area contributed by atoms with Gasteiger partial charge in [-0.05, 0) is 41.5 Å². The van der Waals surface area contributed by atoms with Gasteiger partial charge in [-0.1, -0.05) is 6.92 Å². The van der Waals surface area contributed by atoms with E-state index in [0.29, 0.717) is 5.56 Å². The van der Waals surface area contributed by atoms with Crippen LogP contribution in [0.15, 0.2) is 18.5 Å². The van der Waals surface area contributed by atoms with Crippen LogP contribution in [-0.2, 0) is 0 Å². The number of halogens is 1. The molecule has 1 rings (SSSR count). The highest BCUT2D eigenvalue weighted by atomic mass is 127. The van der Waals surface area contributed by atoms with Crippen LogP contribution in [0.4, 0.5) is 0 Å². The summed E-state index contributed by atoms with van der Waals surface area (Å²) in [7, 11) is 0. The standard InChI is InChI=1S/C11H15IN2O2/c1-7(6-15)8(2)14-11(16)9-3-4-13-5-10(9)12/h3-5,7-8,15H,6H2,1-2H3,(H,14,16). The monoisotopic (exact) mass is 334 g/mol. The largest absolute Gasteiger partial charge is 0.396 e. The van der Waals surface area contributed by atoms with E-state index >= 15 is 0 Å². The molecule has 16 heavy (non-hydrogen) atoms. The van der Waals surface area contributed by atoms with Crippen LogP contribution in [0.25, 0.3) is 0 Å². The summed E-state index contributed by atoms with van der Waals surface area (Å²) in [6, 6.07) is 1.63. The molecule has 2 atom stereocenters. The molecule has 0 aliphatic rings. The normalized spacial score (nSPS) is 14.2. The Morgan fingerprint density at radius 1 is 1.62 bits per heavy atom. The molecule has 1 aromatic rings. The Hall–Kier alpha value is -0.690. The van der Waals surface area contributed by atoms with Gasteiger partial charge in [0.2, 0.25) is 0 Å². The van der Waals surface area contributed by atoms with Crippen molar-refractivity contribution in [1.29, 1.82) is 0 Å². The molecular weight excluding hydrogens is 319 g/mol. The molecule has 2 N–H and O–H groups in total. The van der Waals surface area contributed by atoms with E-state index in [0.717, 1.165) is 3.57 Å². The predicted octanol–water partition coefficient (Wildman–Crippen LogP) is 1.43. The number of nitrogens with one attached hydrogen (secondary N) is 1. The fourth-order valence-corrected chi connectivity index (χ4v) is 1.73. The number of carbonyl (C=O) groups is 1. The first-order valence-corrected chi connectivity index (χ1v) is 6.15. The van der Waals surface area contributed by atoms with E-state index in [2.05, 4.69) is 32.9 Å². The van der Waals surface area contributed by atoms with Crippen molar-refractivity contribution in [2.75, 3.05) is 6.61 Å². The summed E-state index contributed by atoms with van der Waals surface area (Å²) < 4.78 is 0.821. The SMILES string of the molecule is CC(CO)C(C)NC(=O)c1ccncc1I. The number of hydrogen-bond donors (Lipinski definition) is 2. The van der Waals surface area contributed by atoms with E-state index in [-0.39, 0.29) is 24.5 Å². The summed E-state index contributed by atoms with van der Waals surface area (Å²) in [6.45, 7) is 3.84. The van der Waals surface area contributed by atoms with Gasteiger partial charge in [0, 0.05) is 28.6 Å². The molecule has 5 heteroatoms. The van der Waals surface area contributed by atoms with Crippen molar-refractivity contribution < 1.29 is 9.90 Å². The van der Waals surface area contributed by atoms with Crippen LogP contribution in [0.1, 0.15) is 24.2 Å². The lowest BCUT2D eigenvalue weighted by Gasteiger charge is -2.19. The zero-order valence-corrected chi connectivity index (χ0v) is 11.4. The second-order valence-electron chi connectivity index (χ2n) is 3.78. The maximum absolute atomic E-state index is 11.9. The van der Waals surface area contributed by atoms with Crippen LogP contribution in [-0.4, -0.2) is 28.6 Å². The zero-order chi connectivity index (χ0) is 12.1. The smallest absolute Gasteiger partial charge is 0.252 e. The van der Waals surface area contributed by atoms with Gasteiger partial charge in [-0.25, -0.2) is 0 Å². The number of amides is 1. The molecule has 0 spiro atoms. The van der Waals surface area contributed by atoms with Crippen molar-refractivity contribution >= 4 is 28.5 Å². The number of hydrogen-bond acceptors (Lipinski definition) is 3. The Morgan fingerprint density at radius 2 is 2.31 bits per heavy atom. The fraction of sp³-hybridized carbons (Fsp3) is 0.455. The van der Waals surface area contributed by atoms with Crippen LogP contribution in [0.3, 0.4) is 0 Å². The first kappa shape index (κ1) is 13.4. The number of carbonyl (C=O) groups excluding carboxylic acids is 1. The van der Waals surface area contributed by atoms with Gasteiger partial charge in [0.1, 0.15) is 0 Å². The molecule has 2 unspecified atom stereocenters. The lowest BCUT2D eigenvalue weighted by Crippen LogP contribution is -2.38. The Balaban J connectivity index is 2.70. The minimum Gasteiger partial charge on any atom is -0.396 e. The summed E-state index contributed by atoms with van der Waals surface area (Å²) >= 11 is 2.08. The van der Waals surface area contributed by atoms with Crippen molar-refractivity contribution in [3.63, 3.8) is 0 Å². The minimum absolute atomic E-state index is 0.0449. The Morgan fingerprint density at radius 3 is 2.88 bits per heavy atom. The molecule has 0 aliphatic heterocycles. The highest BCUT2D eigenvalue weighted by Gasteiger charge is 2.16. The number of nitrogens with zero attached hydrogens (tertiary/aromatic N) is 1. The highest BCUT2D eigenvalue weighted by Crippen LogP contribution is 2.10. The number of rotatable bonds is 4. The number of aromatic nitrogens is 1. The van der Waals surface area contributed by atoms with Crippen molar-refractivity contribution in [2.24, 2.45) is 5.92 Å². The van der Waals surface area contributed by atoms with Gasteiger partial charge in [-0.15, -0.1) is 0 Å². The van der Waals surface area contributed by atoms with Crippen LogP contribution < -0.4 is 5.32 Å². The molecule has 0 radical (unpaired) electrons. The first-order chi connectivity index (χ1) is 7.56. The van der Waals surface area contributed by atoms with E-state index in [1.165, 1.54) is 0 Å². The average molecular weight is 334 g/mol. The summed E-state index contributed by atoms with van der Waals surface area (Å²) in [5, 5.41) is 11.8. The average Bonchev–Trinajstić information content (AvgIpc) is 2.28. The maximum atomic E-state index is 11.9. The van der Waals surface area contributed by atoms with Gasteiger partial charge in [-0.3, -0.25) is 9.78 Å². The van der Waals surface area contributed by atoms with Crippen LogP contribution in [0.5, 0.6) is 0 Å². The lowest BCUT2D eigenvalue weighted by molar-refractivity contribution is 0.0915. The van der Waals surface area contributed by atoms with E-state index in [1.54, 1.807) is 18.5 Å². The molecule has 1 heterocycles. The number of pyridine rings is 1. The fourth-order valence-electron chi connectivity index (χ4n) is 1.14. The van der Waals surface area contributed by atoms with Gasteiger partial charge in [0.15, 0.2) is 0 Å². The van der Waals surface area contributed by atoms with Crippen molar-refractivity contribution in [3.8, 4) is 0 Å². The summed E-state index contributed by atoms with van der Waals surface area (Å²) in [4.78, 5) is 15.8. The molecule has 88 valence electrons. The van der Waals surface area contributed by atoms with Crippen molar-refractivity contribution in [2.45, 2.75) is 19.9 Å². The first-order valence-electron chi connectivity index (χ1n) is 5.07. The Labute approximate surface area is 109 Å². The lowest BCUT2D eigenvalue weighted by atomic mass is 10.0. The van der Waals surface area contributed by atoms with Gasteiger partial charge in [-0.2, -0.15) is 0 Å². The predicted molar refractivity (Wildman–Crippen MR) is 70.1 cm³/mol. The van der Waals surface area contributed by atoms with Gasteiger partial charge in [0.05, 0.1) is 5.56 Å². The topological polar surface area (TPSA) is 62.2 Å². The molecule has 4 nitrogen and oxygen atoms in total. The van der Waals surface area contributed by atoms with Crippen molar-refractivity contribution in [1.82, 2.24) is 10.3 Å². The second-order valence-corrected chi connectivity index (χ2v) is 4.94. The van der Waals surface area contributed by atoms with E-state index < -0.39 is 0 Å². The van der Waals surface area contributed by atoms with Gasteiger partial charge < -0.3 is 10.4 Å². The molecular formula is C11H15IN2O2. The molecule has 0 bridgehead atoms. The third-order valence-electron chi connectivity index (χ3n) is 2.52. The maximum Gasteiger partial charge on any atom is 0.252 e. The summed E-state index contributed by atoms with van der Waals surface area (Å²) in [5.74, 6) is -0.0805. The molecule has 0 saturated carbocycles. The Bertz CT molecular complexity index is 371. The third-order valence-corrected chi connectivity index (χ3v) is 3.38. The van der Waals surface area contributed by atoms with E-state index in [1.807, 2.05) is 13.8 Å². The van der Waals surface area contributed by atoms with Crippen LogP contribution in [0.2, 0.25) is 0 Å². The molecule has 1 amide bonds. The molecule has 0 fully saturated rings. The van der Waals surface area contributed by atoms with E-state index in [9.17, 15) is 4.79 Å². The number of aliphatic hydroxyl groups excluding tert-OH is 1. The minimum atomic E-state index is -0.125. The van der Waals surface area contributed by atoms with Gasteiger partial charge >= 0.3 is 0 Å². The highest BCUT2D eigenvalue weighted by molar-refractivity contribution is 14.1.